The molecule has 1 aromatic carbocycles. The predicted molar refractivity (Wildman–Crippen MR) is 85.7 cm³/mol. The fourth-order valence-electron chi connectivity index (χ4n) is 2.70. The van der Waals surface area contributed by atoms with Gasteiger partial charge in [-0.1, -0.05) is 12.2 Å². The molecule has 1 heterocycles. The van der Waals surface area contributed by atoms with Crippen molar-refractivity contribution < 1.29 is 4.74 Å². The molecule has 0 saturated heterocycles. The van der Waals surface area contributed by atoms with Crippen LogP contribution in [-0.2, 0) is 6.42 Å². The highest BCUT2D eigenvalue weighted by Crippen LogP contribution is 2.31. The fraction of sp³-hybridized carbons (Fsp3) is 0.412. The Hall–Kier alpha value is -1.74. The zero-order valence-electron chi connectivity index (χ0n) is 12.9. The topological polar surface area (TPSA) is 37.0 Å². The van der Waals surface area contributed by atoms with E-state index in [-0.39, 0.29) is 0 Å². The van der Waals surface area contributed by atoms with Crippen molar-refractivity contribution in [2.24, 2.45) is 0 Å². The molecule has 2 aromatic rings. The molecule has 0 aliphatic carbocycles. The summed E-state index contributed by atoms with van der Waals surface area (Å²) >= 11 is 0. The van der Waals surface area contributed by atoms with Crippen molar-refractivity contribution in [3.05, 3.63) is 41.1 Å². The number of ether oxygens (including phenoxy) is 1. The van der Waals surface area contributed by atoms with Gasteiger partial charge < -0.3 is 15.0 Å². The smallest absolute Gasteiger partial charge is 0.122 e. The van der Waals surface area contributed by atoms with Crippen LogP contribution in [0.2, 0.25) is 0 Å². The monoisotopic (exact) mass is 272 g/mol. The molecule has 20 heavy (non-hydrogen) atoms. The molecular formula is C17H24N2O. The van der Waals surface area contributed by atoms with Gasteiger partial charge in [0.1, 0.15) is 5.75 Å². The first-order valence-electron chi connectivity index (χ1n) is 7.04. The van der Waals surface area contributed by atoms with Crippen LogP contribution in [0.25, 0.3) is 10.9 Å². The van der Waals surface area contributed by atoms with Gasteiger partial charge in [0.15, 0.2) is 0 Å². The third-order valence-electron chi connectivity index (χ3n) is 3.69. The van der Waals surface area contributed by atoms with Crippen LogP contribution in [0.15, 0.2) is 24.3 Å². The second-order valence-electron chi connectivity index (χ2n) is 5.43. The first kappa shape index (κ1) is 14.7. The van der Waals surface area contributed by atoms with Crippen LogP contribution in [0.3, 0.4) is 0 Å². The second kappa shape index (κ2) is 6.14. The van der Waals surface area contributed by atoms with Crippen LogP contribution >= 0.6 is 0 Å². The first-order chi connectivity index (χ1) is 9.54. The Bertz CT molecular complexity index is 625. The van der Waals surface area contributed by atoms with Crippen LogP contribution in [0, 0.1) is 13.8 Å². The molecule has 0 aliphatic heterocycles. The average molecular weight is 272 g/mol. The van der Waals surface area contributed by atoms with Crippen molar-refractivity contribution in [3.63, 3.8) is 0 Å². The maximum absolute atomic E-state index is 5.43. The Balaban J connectivity index is 2.27. The summed E-state index contributed by atoms with van der Waals surface area (Å²) in [4.78, 5) is 3.47. The zero-order valence-corrected chi connectivity index (χ0v) is 12.9. The van der Waals surface area contributed by atoms with Crippen LogP contribution in [0.5, 0.6) is 5.75 Å². The number of aryl methyl sites for hydroxylation is 2. The Kier molecular flexibility index (Phi) is 4.50. The molecule has 0 unspecified atom stereocenters. The Morgan fingerprint density at radius 2 is 2.10 bits per heavy atom. The van der Waals surface area contributed by atoms with Gasteiger partial charge in [0.2, 0.25) is 0 Å². The van der Waals surface area contributed by atoms with Gasteiger partial charge in [0.25, 0.3) is 0 Å². The molecule has 0 fully saturated rings. The standard InChI is InChI=1S/C17H24N2O/c1-11(2)10-18-9-8-14-13(4)19-15-6-7-16(20-5)12(3)17(14)15/h6-7,18-19H,1,8-10H2,2-5H3. The Morgan fingerprint density at radius 1 is 1.35 bits per heavy atom. The van der Waals surface area contributed by atoms with Gasteiger partial charge in [-0.05, 0) is 51.4 Å². The van der Waals surface area contributed by atoms with Gasteiger partial charge in [-0.2, -0.15) is 0 Å². The molecule has 2 N–H and O–H groups in total. The van der Waals surface area contributed by atoms with Crippen LogP contribution < -0.4 is 10.1 Å². The minimum Gasteiger partial charge on any atom is -0.496 e. The minimum atomic E-state index is 0.879. The number of fused-ring (bicyclic) bond motifs is 1. The quantitative estimate of drug-likeness (QED) is 0.624. The summed E-state index contributed by atoms with van der Waals surface area (Å²) < 4.78 is 5.43. The van der Waals surface area contributed by atoms with E-state index in [1.165, 1.54) is 33.3 Å². The van der Waals surface area contributed by atoms with Crippen molar-refractivity contribution in [1.29, 1.82) is 0 Å². The van der Waals surface area contributed by atoms with Crippen molar-refractivity contribution in [2.75, 3.05) is 20.2 Å². The fourth-order valence-corrected chi connectivity index (χ4v) is 2.70. The van der Waals surface area contributed by atoms with Crippen molar-refractivity contribution in [2.45, 2.75) is 27.2 Å². The summed E-state index contributed by atoms with van der Waals surface area (Å²) in [6.07, 6.45) is 1.01. The number of hydrogen-bond acceptors (Lipinski definition) is 2. The summed E-state index contributed by atoms with van der Waals surface area (Å²) in [5.74, 6) is 0.952. The summed E-state index contributed by atoms with van der Waals surface area (Å²) in [6, 6.07) is 4.12. The first-order valence-corrected chi connectivity index (χ1v) is 7.04. The molecule has 0 amide bonds. The maximum Gasteiger partial charge on any atom is 0.122 e. The molecule has 3 nitrogen and oxygen atoms in total. The molecule has 0 spiro atoms. The maximum atomic E-state index is 5.43. The third kappa shape index (κ3) is 2.88. The lowest BCUT2D eigenvalue weighted by Crippen LogP contribution is -2.19. The minimum absolute atomic E-state index is 0.879. The highest BCUT2D eigenvalue weighted by atomic mass is 16.5. The Labute approximate surface area is 121 Å². The van der Waals surface area contributed by atoms with E-state index in [2.05, 4.69) is 36.8 Å². The van der Waals surface area contributed by atoms with E-state index in [1.54, 1.807) is 7.11 Å². The second-order valence-corrected chi connectivity index (χ2v) is 5.43. The normalized spacial score (nSPS) is 11.0. The van der Waals surface area contributed by atoms with Gasteiger partial charge >= 0.3 is 0 Å². The third-order valence-corrected chi connectivity index (χ3v) is 3.69. The molecule has 1 aromatic heterocycles. The SMILES string of the molecule is C=C(C)CNCCc1c(C)[nH]c2ccc(OC)c(C)c12. The lowest BCUT2D eigenvalue weighted by atomic mass is 10.0. The molecule has 0 aliphatic rings. The number of hydrogen-bond donors (Lipinski definition) is 2. The molecule has 0 radical (unpaired) electrons. The summed E-state index contributed by atoms with van der Waals surface area (Å²) in [5, 5.41) is 4.72. The molecule has 3 heteroatoms. The van der Waals surface area contributed by atoms with Crippen LogP contribution in [0.1, 0.15) is 23.7 Å². The van der Waals surface area contributed by atoms with Gasteiger partial charge in [-0.25, -0.2) is 0 Å². The van der Waals surface area contributed by atoms with Gasteiger partial charge in [0.05, 0.1) is 7.11 Å². The highest BCUT2D eigenvalue weighted by molar-refractivity contribution is 5.89. The molecule has 0 saturated carbocycles. The summed E-state index contributed by atoms with van der Waals surface area (Å²) in [6.45, 7) is 12.0. The van der Waals surface area contributed by atoms with Crippen LogP contribution in [0.4, 0.5) is 0 Å². The van der Waals surface area contributed by atoms with E-state index < -0.39 is 0 Å². The lowest BCUT2D eigenvalue weighted by molar-refractivity contribution is 0.412. The van der Waals surface area contributed by atoms with Crippen molar-refractivity contribution >= 4 is 10.9 Å². The van der Waals surface area contributed by atoms with Crippen molar-refractivity contribution in [3.8, 4) is 5.75 Å². The number of nitrogens with one attached hydrogen (secondary N) is 2. The van der Waals surface area contributed by atoms with Gasteiger partial charge in [0, 0.05) is 28.7 Å². The van der Waals surface area contributed by atoms with Gasteiger partial charge in [-0.3, -0.25) is 0 Å². The van der Waals surface area contributed by atoms with E-state index in [9.17, 15) is 0 Å². The molecular weight excluding hydrogens is 248 g/mol. The van der Waals surface area contributed by atoms with Crippen molar-refractivity contribution in [1.82, 2.24) is 10.3 Å². The number of H-pyrrole nitrogens is 1. The predicted octanol–water partition coefficient (Wildman–Crippen LogP) is 3.50. The largest absolute Gasteiger partial charge is 0.496 e. The summed E-state index contributed by atoms with van der Waals surface area (Å²) in [7, 11) is 1.72. The molecule has 0 bridgehead atoms. The average Bonchev–Trinajstić information content (AvgIpc) is 2.72. The number of methoxy groups -OCH3 is 1. The van der Waals surface area contributed by atoms with E-state index in [4.69, 9.17) is 4.74 Å². The van der Waals surface area contributed by atoms with E-state index >= 15 is 0 Å². The lowest BCUT2D eigenvalue weighted by Gasteiger charge is -2.09. The van der Waals surface area contributed by atoms with Gasteiger partial charge in [-0.15, -0.1) is 0 Å². The Morgan fingerprint density at radius 3 is 2.75 bits per heavy atom. The number of benzene rings is 1. The highest BCUT2D eigenvalue weighted by Gasteiger charge is 2.13. The van der Waals surface area contributed by atoms with Crippen LogP contribution in [-0.4, -0.2) is 25.2 Å². The van der Waals surface area contributed by atoms with E-state index in [0.29, 0.717) is 0 Å². The molecule has 2 rings (SSSR count). The number of rotatable bonds is 6. The number of aromatic nitrogens is 1. The number of aromatic amines is 1. The zero-order chi connectivity index (χ0) is 14.7. The molecule has 108 valence electrons. The summed E-state index contributed by atoms with van der Waals surface area (Å²) in [5.41, 5.74) is 6.19. The van der Waals surface area contributed by atoms with E-state index in [0.717, 1.165) is 25.3 Å². The molecule has 0 atom stereocenters. The van der Waals surface area contributed by atoms with E-state index in [1.807, 2.05) is 13.0 Å².